The molecule has 1 saturated heterocycles. The van der Waals surface area contributed by atoms with Crippen LogP contribution in [0.1, 0.15) is 17.0 Å². The monoisotopic (exact) mass is 295 g/mol. The maximum atomic E-state index is 12.4. The van der Waals surface area contributed by atoms with Crippen molar-refractivity contribution in [2.75, 3.05) is 13.1 Å². The second-order valence-electron chi connectivity index (χ2n) is 4.33. The Labute approximate surface area is 114 Å². The number of benzene rings is 1. The lowest BCUT2D eigenvalue weighted by Crippen LogP contribution is -2.21. The third-order valence-electron chi connectivity index (χ3n) is 3.20. The van der Waals surface area contributed by atoms with Crippen molar-refractivity contribution in [1.29, 1.82) is 0 Å². The Bertz CT molecular complexity index is 447. The van der Waals surface area contributed by atoms with Crippen LogP contribution in [-0.2, 0) is 11.0 Å². The number of carbonyl (C=O) groups is 1. The Morgan fingerprint density at radius 2 is 1.79 bits per heavy atom. The van der Waals surface area contributed by atoms with E-state index in [0.717, 1.165) is 12.1 Å². The van der Waals surface area contributed by atoms with Gasteiger partial charge < -0.3 is 10.4 Å². The maximum Gasteiger partial charge on any atom is 0.416 e. The second-order valence-corrected chi connectivity index (χ2v) is 4.33. The van der Waals surface area contributed by atoms with E-state index in [1.54, 1.807) is 0 Å². The zero-order chi connectivity index (χ0) is 13.3. The lowest BCUT2D eigenvalue weighted by atomic mass is 9.88. The van der Waals surface area contributed by atoms with Crippen LogP contribution in [0.4, 0.5) is 13.2 Å². The molecule has 0 radical (unpaired) electrons. The maximum absolute atomic E-state index is 12.4. The lowest BCUT2D eigenvalue weighted by Gasteiger charge is -2.16. The quantitative estimate of drug-likeness (QED) is 0.881. The van der Waals surface area contributed by atoms with Crippen LogP contribution in [0.2, 0.25) is 0 Å². The van der Waals surface area contributed by atoms with E-state index in [4.69, 9.17) is 5.11 Å². The minimum absolute atomic E-state index is 0. The average Bonchev–Trinajstić information content (AvgIpc) is 2.77. The first kappa shape index (κ1) is 15.8. The summed E-state index contributed by atoms with van der Waals surface area (Å²) in [4.78, 5) is 11.0. The summed E-state index contributed by atoms with van der Waals surface area (Å²) in [5.41, 5.74) is -0.0931. The van der Waals surface area contributed by atoms with E-state index in [2.05, 4.69) is 5.32 Å². The zero-order valence-electron chi connectivity index (χ0n) is 9.78. The van der Waals surface area contributed by atoms with Gasteiger partial charge >= 0.3 is 12.1 Å². The van der Waals surface area contributed by atoms with Crippen molar-refractivity contribution in [2.45, 2.75) is 12.1 Å². The van der Waals surface area contributed by atoms with E-state index in [1.807, 2.05) is 0 Å². The highest BCUT2D eigenvalue weighted by molar-refractivity contribution is 5.85. The number of rotatable bonds is 2. The van der Waals surface area contributed by atoms with Crippen molar-refractivity contribution >= 4 is 18.4 Å². The minimum Gasteiger partial charge on any atom is -0.481 e. The van der Waals surface area contributed by atoms with Gasteiger partial charge in [-0.05, 0) is 17.7 Å². The second kappa shape index (κ2) is 5.79. The zero-order valence-corrected chi connectivity index (χ0v) is 10.6. The molecule has 0 aromatic heterocycles. The summed E-state index contributed by atoms with van der Waals surface area (Å²) < 4.78 is 37.2. The van der Waals surface area contributed by atoms with E-state index in [0.29, 0.717) is 18.7 Å². The van der Waals surface area contributed by atoms with Gasteiger partial charge in [-0.2, -0.15) is 13.2 Å². The molecule has 0 bridgehead atoms. The van der Waals surface area contributed by atoms with Crippen molar-refractivity contribution < 1.29 is 23.1 Å². The molecule has 1 aromatic rings. The van der Waals surface area contributed by atoms with Crippen molar-refractivity contribution in [3.8, 4) is 0 Å². The largest absolute Gasteiger partial charge is 0.481 e. The van der Waals surface area contributed by atoms with Crippen LogP contribution in [0.5, 0.6) is 0 Å². The standard InChI is InChI=1S/C12H12F3NO2.ClH/c13-12(14,15)8-3-1-7(2-4-8)9-5-16-6-10(9)11(17)18;/h1-4,9-10,16H,5-6H2,(H,17,18);1H/t9-,10+;/m1./s1. The molecule has 2 rings (SSSR count). The smallest absolute Gasteiger partial charge is 0.416 e. The van der Waals surface area contributed by atoms with Crippen molar-refractivity contribution in [2.24, 2.45) is 5.92 Å². The van der Waals surface area contributed by atoms with Gasteiger partial charge in [0.15, 0.2) is 0 Å². The molecule has 0 spiro atoms. The van der Waals surface area contributed by atoms with Crippen LogP contribution in [0.3, 0.4) is 0 Å². The predicted octanol–water partition coefficient (Wildman–Crippen LogP) is 2.51. The highest BCUT2D eigenvalue weighted by Gasteiger charge is 2.35. The molecule has 0 aliphatic carbocycles. The Morgan fingerprint density at radius 1 is 1.21 bits per heavy atom. The summed E-state index contributed by atoms with van der Waals surface area (Å²) in [5, 5.41) is 12.0. The molecule has 1 fully saturated rings. The molecule has 2 atom stereocenters. The molecule has 1 aromatic carbocycles. The number of hydrogen-bond acceptors (Lipinski definition) is 2. The van der Waals surface area contributed by atoms with Crippen molar-refractivity contribution in [1.82, 2.24) is 5.32 Å². The lowest BCUT2D eigenvalue weighted by molar-refractivity contribution is -0.141. The van der Waals surface area contributed by atoms with Gasteiger partial charge in [-0.25, -0.2) is 0 Å². The fraction of sp³-hybridized carbons (Fsp3) is 0.417. The normalized spacial score (nSPS) is 22.9. The van der Waals surface area contributed by atoms with Crippen LogP contribution >= 0.6 is 12.4 Å². The van der Waals surface area contributed by atoms with Gasteiger partial charge in [0.05, 0.1) is 11.5 Å². The molecular formula is C12H13ClF3NO2. The number of carboxylic acids is 1. The van der Waals surface area contributed by atoms with E-state index in [-0.39, 0.29) is 18.3 Å². The number of aliphatic carboxylic acids is 1. The number of alkyl halides is 3. The number of hydrogen-bond donors (Lipinski definition) is 2. The predicted molar refractivity (Wildman–Crippen MR) is 65.4 cm³/mol. The summed E-state index contributed by atoms with van der Waals surface area (Å²) in [7, 11) is 0. The highest BCUT2D eigenvalue weighted by atomic mass is 35.5. The minimum atomic E-state index is -4.36. The van der Waals surface area contributed by atoms with Crippen LogP contribution in [0.25, 0.3) is 0 Å². The van der Waals surface area contributed by atoms with E-state index in [9.17, 15) is 18.0 Å². The van der Waals surface area contributed by atoms with Gasteiger partial charge in [0.2, 0.25) is 0 Å². The van der Waals surface area contributed by atoms with Gasteiger partial charge in [0.25, 0.3) is 0 Å². The molecule has 1 heterocycles. The molecule has 19 heavy (non-hydrogen) atoms. The molecular weight excluding hydrogens is 283 g/mol. The fourth-order valence-electron chi connectivity index (χ4n) is 2.21. The Morgan fingerprint density at radius 3 is 2.26 bits per heavy atom. The van der Waals surface area contributed by atoms with Gasteiger partial charge in [0.1, 0.15) is 0 Å². The third-order valence-corrected chi connectivity index (χ3v) is 3.20. The average molecular weight is 296 g/mol. The van der Waals surface area contributed by atoms with Gasteiger partial charge in [-0.1, -0.05) is 12.1 Å². The van der Waals surface area contributed by atoms with Crippen molar-refractivity contribution in [3.63, 3.8) is 0 Å². The summed E-state index contributed by atoms with van der Waals surface area (Å²) in [6.45, 7) is 0.823. The summed E-state index contributed by atoms with van der Waals surface area (Å²) >= 11 is 0. The first-order valence-corrected chi connectivity index (χ1v) is 5.50. The van der Waals surface area contributed by atoms with E-state index >= 15 is 0 Å². The third kappa shape index (κ3) is 3.39. The molecule has 1 aliphatic rings. The SMILES string of the molecule is Cl.O=C(O)[C@H]1CNC[C@@H]1c1ccc(C(F)(F)F)cc1. The first-order chi connectivity index (χ1) is 8.39. The topological polar surface area (TPSA) is 49.3 Å². The highest BCUT2D eigenvalue weighted by Crippen LogP contribution is 2.32. The first-order valence-electron chi connectivity index (χ1n) is 5.50. The van der Waals surface area contributed by atoms with Gasteiger partial charge in [-0.3, -0.25) is 4.79 Å². The molecule has 7 heteroatoms. The van der Waals surface area contributed by atoms with Gasteiger partial charge in [0, 0.05) is 19.0 Å². The molecule has 1 aliphatic heterocycles. The summed E-state index contributed by atoms with van der Waals surface area (Å²) in [6.07, 6.45) is -4.36. The molecule has 3 nitrogen and oxygen atoms in total. The van der Waals surface area contributed by atoms with Gasteiger partial charge in [-0.15, -0.1) is 12.4 Å². The van der Waals surface area contributed by atoms with E-state index < -0.39 is 23.6 Å². The molecule has 0 unspecified atom stereocenters. The summed E-state index contributed by atoms with van der Waals surface area (Å²) in [5.74, 6) is -1.78. The number of halogens is 4. The number of carboxylic acid groups (broad SMARTS) is 1. The number of nitrogens with one attached hydrogen (secondary N) is 1. The van der Waals surface area contributed by atoms with E-state index in [1.165, 1.54) is 12.1 Å². The van der Waals surface area contributed by atoms with Crippen LogP contribution in [0, 0.1) is 5.92 Å². The molecule has 0 amide bonds. The van der Waals surface area contributed by atoms with Crippen LogP contribution in [0.15, 0.2) is 24.3 Å². The van der Waals surface area contributed by atoms with Crippen LogP contribution < -0.4 is 5.32 Å². The molecule has 106 valence electrons. The van der Waals surface area contributed by atoms with Crippen molar-refractivity contribution in [3.05, 3.63) is 35.4 Å². The summed E-state index contributed by atoms with van der Waals surface area (Å²) in [6, 6.07) is 4.70. The molecule has 2 N–H and O–H groups in total. The fourth-order valence-corrected chi connectivity index (χ4v) is 2.21. The molecule has 0 saturated carbocycles. The Balaban J connectivity index is 0.00000180. The van der Waals surface area contributed by atoms with Crippen LogP contribution in [-0.4, -0.2) is 24.2 Å². The Hall–Kier alpha value is -1.27. The Kier molecular flexibility index (Phi) is 4.81.